The molecule has 1 aliphatic carbocycles. The summed E-state index contributed by atoms with van der Waals surface area (Å²) >= 11 is 0. The molecule has 0 bridgehead atoms. The van der Waals surface area contributed by atoms with E-state index in [9.17, 15) is 0 Å². The van der Waals surface area contributed by atoms with Crippen LogP contribution in [0.1, 0.15) is 52.9 Å². The first-order chi connectivity index (χ1) is 7.20. The van der Waals surface area contributed by atoms with Crippen LogP contribution in [0.3, 0.4) is 0 Å². The van der Waals surface area contributed by atoms with Gasteiger partial charge >= 0.3 is 0 Å². The molecule has 2 N–H and O–H groups in total. The molecule has 1 fully saturated rings. The molecule has 15 heavy (non-hydrogen) atoms. The predicted octanol–water partition coefficient (Wildman–Crippen LogP) is 2.62. The van der Waals surface area contributed by atoms with Crippen molar-refractivity contribution in [3.8, 4) is 0 Å². The summed E-state index contributed by atoms with van der Waals surface area (Å²) in [6.45, 7) is 8.81. The van der Waals surface area contributed by atoms with E-state index in [1.807, 2.05) is 0 Å². The number of nitrogens with two attached hydrogens (primary N) is 1. The lowest BCUT2D eigenvalue weighted by molar-refractivity contribution is 0.0764. The maximum absolute atomic E-state index is 5.72. The summed E-state index contributed by atoms with van der Waals surface area (Å²) in [4.78, 5) is 2.63. The Kier molecular flexibility index (Phi) is 5.62. The summed E-state index contributed by atoms with van der Waals surface area (Å²) in [7, 11) is 0. The molecule has 2 unspecified atom stereocenters. The largest absolute Gasteiger partial charge is 0.329 e. The molecule has 0 spiro atoms. The van der Waals surface area contributed by atoms with Crippen molar-refractivity contribution in [1.82, 2.24) is 4.90 Å². The monoisotopic (exact) mass is 212 g/mol. The Balaban J connectivity index is 2.61. The SMILES string of the molecule is CCC1CCCCC1N(CCN)C(C)C. The predicted molar refractivity (Wildman–Crippen MR) is 66.9 cm³/mol. The van der Waals surface area contributed by atoms with Crippen LogP contribution in [0.5, 0.6) is 0 Å². The van der Waals surface area contributed by atoms with Crippen molar-refractivity contribution in [2.24, 2.45) is 11.7 Å². The number of hydrogen-bond donors (Lipinski definition) is 1. The number of hydrogen-bond acceptors (Lipinski definition) is 2. The molecule has 2 atom stereocenters. The van der Waals surface area contributed by atoms with Gasteiger partial charge < -0.3 is 5.73 Å². The zero-order valence-corrected chi connectivity index (χ0v) is 10.7. The van der Waals surface area contributed by atoms with Crippen LogP contribution < -0.4 is 5.73 Å². The second kappa shape index (κ2) is 6.49. The van der Waals surface area contributed by atoms with Gasteiger partial charge in [0.2, 0.25) is 0 Å². The third-order valence-electron chi connectivity index (χ3n) is 3.87. The lowest BCUT2D eigenvalue weighted by Crippen LogP contribution is -2.48. The molecule has 0 aromatic heterocycles. The van der Waals surface area contributed by atoms with Crippen LogP contribution in [0.25, 0.3) is 0 Å². The molecule has 2 nitrogen and oxygen atoms in total. The van der Waals surface area contributed by atoms with Crippen molar-refractivity contribution in [3.05, 3.63) is 0 Å². The molecule has 0 saturated heterocycles. The molecule has 0 aromatic carbocycles. The highest BCUT2D eigenvalue weighted by atomic mass is 15.2. The second-order valence-corrected chi connectivity index (χ2v) is 5.14. The first kappa shape index (κ1) is 13.0. The Morgan fingerprint density at radius 1 is 1.27 bits per heavy atom. The van der Waals surface area contributed by atoms with Crippen LogP contribution in [0.2, 0.25) is 0 Å². The van der Waals surface area contributed by atoms with Gasteiger partial charge in [0.25, 0.3) is 0 Å². The second-order valence-electron chi connectivity index (χ2n) is 5.14. The Morgan fingerprint density at radius 2 is 1.93 bits per heavy atom. The zero-order valence-electron chi connectivity index (χ0n) is 10.7. The van der Waals surface area contributed by atoms with Gasteiger partial charge in [-0.3, -0.25) is 4.90 Å². The molecule has 0 aromatic rings. The van der Waals surface area contributed by atoms with Crippen molar-refractivity contribution in [1.29, 1.82) is 0 Å². The molecule has 90 valence electrons. The average molecular weight is 212 g/mol. The quantitative estimate of drug-likeness (QED) is 0.759. The van der Waals surface area contributed by atoms with E-state index in [2.05, 4.69) is 25.7 Å². The molecule has 0 amide bonds. The highest BCUT2D eigenvalue weighted by Gasteiger charge is 2.29. The standard InChI is InChI=1S/C13H28N2/c1-4-12-7-5-6-8-13(12)15(10-9-14)11(2)3/h11-13H,4-10,14H2,1-3H3. The topological polar surface area (TPSA) is 29.3 Å². The fraction of sp³-hybridized carbons (Fsp3) is 1.00. The molecule has 1 aliphatic rings. The molecule has 1 saturated carbocycles. The smallest absolute Gasteiger partial charge is 0.0127 e. The van der Waals surface area contributed by atoms with Crippen LogP contribution in [0.15, 0.2) is 0 Å². The van der Waals surface area contributed by atoms with Crippen molar-refractivity contribution < 1.29 is 0 Å². The van der Waals surface area contributed by atoms with Crippen LogP contribution in [0.4, 0.5) is 0 Å². The van der Waals surface area contributed by atoms with E-state index in [4.69, 9.17) is 5.73 Å². The zero-order chi connectivity index (χ0) is 11.3. The van der Waals surface area contributed by atoms with E-state index in [1.165, 1.54) is 32.1 Å². The van der Waals surface area contributed by atoms with Crippen LogP contribution >= 0.6 is 0 Å². The molecule has 0 heterocycles. The van der Waals surface area contributed by atoms with Gasteiger partial charge in [0.15, 0.2) is 0 Å². The maximum atomic E-state index is 5.72. The van der Waals surface area contributed by atoms with Gasteiger partial charge in [0, 0.05) is 25.2 Å². The summed E-state index contributed by atoms with van der Waals surface area (Å²) in [5.41, 5.74) is 5.72. The van der Waals surface area contributed by atoms with Gasteiger partial charge in [-0.05, 0) is 32.6 Å². The van der Waals surface area contributed by atoms with Gasteiger partial charge in [-0.2, -0.15) is 0 Å². The van der Waals surface area contributed by atoms with Gasteiger partial charge in [0.1, 0.15) is 0 Å². The van der Waals surface area contributed by atoms with E-state index < -0.39 is 0 Å². The Hall–Kier alpha value is -0.0800. The normalized spacial score (nSPS) is 27.6. The van der Waals surface area contributed by atoms with Crippen molar-refractivity contribution in [2.75, 3.05) is 13.1 Å². The summed E-state index contributed by atoms with van der Waals surface area (Å²) < 4.78 is 0. The maximum Gasteiger partial charge on any atom is 0.0127 e. The molecular formula is C13H28N2. The van der Waals surface area contributed by atoms with Crippen molar-refractivity contribution in [2.45, 2.75) is 65.0 Å². The lowest BCUT2D eigenvalue weighted by atomic mass is 9.81. The first-order valence-electron chi connectivity index (χ1n) is 6.66. The molecular weight excluding hydrogens is 184 g/mol. The minimum atomic E-state index is 0.644. The summed E-state index contributed by atoms with van der Waals surface area (Å²) in [5.74, 6) is 0.910. The van der Waals surface area contributed by atoms with E-state index in [-0.39, 0.29) is 0 Å². The Morgan fingerprint density at radius 3 is 2.47 bits per heavy atom. The Bertz CT molecular complexity index is 168. The van der Waals surface area contributed by atoms with Gasteiger partial charge in [0.05, 0.1) is 0 Å². The average Bonchev–Trinajstić information content (AvgIpc) is 2.25. The highest BCUT2D eigenvalue weighted by molar-refractivity contribution is 4.84. The molecule has 0 radical (unpaired) electrons. The number of nitrogens with zero attached hydrogens (tertiary/aromatic N) is 1. The van der Waals surface area contributed by atoms with Gasteiger partial charge in [-0.15, -0.1) is 0 Å². The van der Waals surface area contributed by atoms with Crippen molar-refractivity contribution in [3.63, 3.8) is 0 Å². The van der Waals surface area contributed by atoms with E-state index in [0.717, 1.165) is 25.0 Å². The third kappa shape index (κ3) is 3.46. The fourth-order valence-corrected chi connectivity index (χ4v) is 3.06. The van der Waals surface area contributed by atoms with Gasteiger partial charge in [-0.25, -0.2) is 0 Å². The minimum absolute atomic E-state index is 0.644. The highest BCUT2D eigenvalue weighted by Crippen LogP contribution is 2.31. The molecule has 1 rings (SSSR count). The summed E-state index contributed by atoms with van der Waals surface area (Å²) in [6, 6.07) is 1.44. The van der Waals surface area contributed by atoms with Gasteiger partial charge in [-0.1, -0.05) is 26.2 Å². The van der Waals surface area contributed by atoms with Crippen LogP contribution in [0, 0.1) is 5.92 Å². The van der Waals surface area contributed by atoms with Crippen molar-refractivity contribution >= 4 is 0 Å². The van der Waals surface area contributed by atoms with E-state index >= 15 is 0 Å². The summed E-state index contributed by atoms with van der Waals surface area (Å²) in [6.07, 6.45) is 6.99. The van der Waals surface area contributed by atoms with E-state index in [0.29, 0.717) is 6.04 Å². The van der Waals surface area contributed by atoms with E-state index in [1.54, 1.807) is 0 Å². The lowest BCUT2D eigenvalue weighted by Gasteiger charge is -2.42. The van der Waals surface area contributed by atoms with Crippen LogP contribution in [-0.2, 0) is 0 Å². The number of rotatable bonds is 5. The molecule has 0 aliphatic heterocycles. The minimum Gasteiger partial charge on any atom is -0.329 e. The summed E-state index contributed by atoms with van der Waals surface area (Å²) in [5, 5.41) is 0. The van der Waals surface area contributed by atoms with Crippen LogP contribution in [-0.4, -0.2) is 30.1 Å². The first-order valence-corrected chi connectivity index (χ1v) is 6.66. The molecule has 2 heteroatoms. The Labute approximate surface area is 95.2 Å². The third-order valence-corrected chi connectivity index (χ3v) is 3.87. The fourth-order valence-electron chi connectivity index (χ4n) is 3.06.